The Balaban J connectivity index is 2.27. The molecule has 21 heavy (non-hydrogen) atoms. The highest BCUT2D eigenvalue weighted by atomic mass is 28.4. The molecule has 1 atom stereocenters. The maximum atomic E-state index is 5.72. The van der Waals surface area contributed by atoms with Gasteiger partial charge in [0.2, 0.25) is 6.29 Å². The fourth-order valence-electron chi connectivity index (χ4n) is 1.69. The van der Waals surface area contributed by atoms with Gasteiger partial charge in [0.1, 0.15) is 0 Å². The first-order valence-corrected chi connectivity index (χ1v) is 8.71. The van der Waals surface area contributed by atoms with Gasteiger partial charge in [0.25, 0.3) is 0 Å². The van der Waals surface area contributed by atoms with Crippen molar-refractivity contribution in [3.05, 3.63) is 24.5 Å². The summed E-state index contributed by atoms with van der Waals surface area (Å²) in [5.74, 6) is 0. The van der Waals surface area contributed by atoms with Gasteiger partial charge >= 0.3 is 9.05 Å². The number of allylic oxidation sites excluding steroid dienone is 2. The molecule has 7 nitrogen and oxygen atoms in total. The number of hydrogen-bond acceptors (Lipinski definition) is 7. The highest BCUT2D eigenvalue weighted by molar-refractivity contribution is 6.53. The summed E-state index contributed by atoms with van der Waals surface area (Å²) < 4.78 is 27.4. The van der Waals surface area contributed by atoms with E-state index in [0.29, 0.717) is 13.2 Å². The minimum atomic E-state index is -3.16. The summed E-state index contributed by atoms with van der Waals surface area (Å²) in [6.45, 7) is 2.90. The Hall–Kier alpha value is -0.743. The largest absolute Gasteiger partial charge is 0.682 e. The molecule has 0 aliphatic carbocycles. The van der Waals surface area contributed by atoms with E-state index in [-0.39, 0.29) is 0 Å². The SMILES string of the molecule is CO[Si](OC)(OCCCCNCCN)OC1C=CC=CO1. The van der Waals surface area contributed by atoms with Crippen LogP contribution in [0.1, 0.15) is 12.8 Å². The summed E-state index contributed by atoms with van der Waals surface area (Å²) in [4.78, 5) is 0. The molecule has 0 fully saturated rings. The fourth-order valence-corrected chi connectivity index (χ4v) is 3.16. The van der Waals surface area contributed by atoms with Crippen LogP contribution in [0.2, 0.25) is 0 Å². The zero-order valence-electron chi connectivity index (χ0n) is 12.7. The predicted molar refractivity (Wildman–Crippen MR) is 81.1 cm³/mol. The summed E-state index contributed by atoms with van der Waals surface area (Å²) >= 11 is 0. The molecule has 122 valence electrons. The van der Waals surface area contributed by atoms with E-state index in [9.17, 15) is 0 Å². The highest BCUT2D eigenvalue weighted by Gasteiger charge is 2.46. The van der Waals surface area contributed by atoms with Crippen molar-refractivity contribution in [1.29, 1.82) is 0 Å². The van der Waals surface area contributed by atoms with Crippen molar-refractivity contribution < 1.29 is 22.4 Å². The standard InChI is InChI=1S/C13H26N2O5Si/c1-16-21(17-2,20-13-7-3-5-11-18-13)19-12-6-4-9-15-10-8-14/h3,5,7,11,13,15H,4,6,8-10,12,14H2,1-2H3. The maximum Gasteiger partial charge on any atom is 0.682 e. The second kappa shape index (κ2) is 10.9. The van der Waals surface area contributed by atoms with E-state index in [0.717, 1.165) is 25.9 Å². The van der Waals surface area contributed by atoms with Gasteiger partial charge in [-0.15, -0.1) is 0 Å². The lowest BCUT2D eigenvalue weighted by atomic mass is 10.3. The van der Waals surface area contributed by atoms with Crippen LogP contribution in [0.25, 0.3) is 0 Å². The molecule has 0 saturated heterocycles. The molecule has 1 heterocycles. The van der Waals surface area contributed by atoms with Crippen molar-refractivity contribution in [2.75, 3.05) is 40.5 Å². The van der Waals surface area contributed by atoms with Gasteiger partial charge in [-0.05, 0) is 31.5 Å². The Morgan fingerprint density at radius 3 is 2.62 bits per heavy atom. The number of nitrogens with two attached hydrogens (primary N) is 1. The minimum Gasteiger partial charge on any atom is -0.470 e. The third-order valence-electron chi connectivity index (χ3n) is 2.78. The lowest BCUT2D eigenvalue weighted by Crippen LogP contribution is -2.50. The summed E-state index contributed by atoms with van der Waals surface area (Å²) in [6.07, 6.45) is 8.25. The van der Waals surface area contributed by atoms with Crippen molar-refractivity contribution >= 4 is 9.05 Å². The zero-order valence-corrected chi connectivity index (χ0v) is 13.7. The van der Waals surface area contributed by atoms with Crippen LogP contribution in [-0.4, -0.2) is 55.8 Å². The second-order valence-electron chi connectivity index (χ2n) is 4.34. The molecule has 0 bridgehead atoms. The van der Waals surface area contributed by atoms with Gasteiger partial charge in [0.05, 0.1) is 6.26 Å². The molecule has 0 aromatic heterocycles. The smallest absolute Gasteiger partial charge is 0.470 e. The molecule has 0 aromatic rings. The molecule has 1 unspecified atom stereocenters. The van der Waals surface area contributed by atoms with Gasteiger partial charge in [-0.25, -0.2) is 0 Å². The first-order valence-electron chi connectivity index (χ1n) is 7.08. The van der Waals surface area contributed by atoms with Crippen LogP contribution < -0.4 is 11.1 Å². The van der Waals surface area contributed by atoms with E-state index < -0.39 is 15.3 Å². The van der Waals surface area contributed by atoms with Gasteiger partial charge in [-0.2, -0.15) is 0 Å². The molecule has 8 heteroatoms. The molecule has 0 radical (unpaired) electrons. The van der Waals surface area contributed by atoms with Crippen molar-refractivity contribution in [3.63, 3.8) is 0 Å². The normalized spacial score (nSPS) is 18.0. The number of nitrogens with one attached hydrogen (secondary N) is 1. The number of ether oxygens (including phenoxy) is 1. The van der Waals surface area contributed by atoms with Gasteiger partial charge in [0, 0.05) is 33.9 Å². The zero-order chi connectivity index (χ0) is 15.4. The molecule has 0 amide bonds. The van der Waals surface area contributed by atoms with E-state index >= 15 is 0 Å². The average Bonchev–Trinajstić information content (AvgIpc) is 2.54. The van der Waals surface area contributed by atoms with Crippen LogP contribution >= 0.6 is 0 Å². The van der Waals surface area contributed by atoms with Crippen molar-refractivity contribution in [1.82, 2.24) is 5.32 Å². The molecular weight excluding hydrogens is 292 g/mol. The first-order chi connectivity index (χ1) is 10.3. The Morgan fingerprint density at radius 2 is 2.00 bits per heavy atom. The lowest BCUT2D eigenvalue weighted by molar-refractivity contribution is -0.0941. The van der Waals surface area contributed by atoms with E-state index in [1.165, 1.54) is 14.2 Å². The molecule has 3 N–H and O–H groups in total. The molecule has 1 aliphatic rings. The van der Waals surface area contributed by atoms with Crippen LogP contribution in [0, 0.1) is 0 Å². The summed E-state index contributed by atoms with van der Waals surface area (Å²) in [7, 11) is -0.127. The van der Waals surface area contributed by atoms with Crippen molar-refractivity contribution in [2.24, 2.45) is 5.73 Å². The average molecular weight is 318 g/mol. The van der Waals surface area contributed by atoms with E-state index in [1.807, 2.05) is 6.08 Å². The van der Waals surface area contributed by atoms with Crippen molar-refractivity contribution in [2.45, 2.75) is 19.1 Å². The molecule has 0 spiro atoms. The molecule has 0 saturated carbocycles. The van der Waals surface area contributed by atoms with E-state index in [2.05, 4.69) is 5.32 Å². The molecule has 1 aliphatic heterocycles. The predicted octanol–water partition coefficient (Wildman–Crippen LogP) is 0.503. The van der Waals surface area contributed by atoms with Crippen molar-refractivity contribution in [3.8, 4) is 0 Å². The monoisotopic (exact) mass is 318 g/mol. The molecular formula is C13H26N2O5Si. The van der Waals surface area contributed by atoms with E-state index in [1.54, 1.807) is 18.4 Å². The number of unbranched alkanes of at least 4 members (excludes halogenated alkanes) is 1. The third kappa shape index (κ3) is 7.18. The van der Waals surface area contributed by atoms with Gasteiger partial charge in [0.15, 0.2) is 0 Å². The summed E-state index contributed by atoms with van der Waals surface area (Å²) in [5, 5.41) is 3.23. The molecule has 1 rings (SSSR count). The second-order valence-corrected chi connectivity index (χ2v) is 6.68. The Bertz CT molecular complexity index is 324. The van der Waals surface area contributed by atoms with Crippen LogP contribution in [0.4, 0.5) is 0 Å². The number of hydrogen-bond donors (Lipinski definition) is 2. The maximum absolute atomic E-state index is 5.72. The Morgan fingerprint density at radius 1 is 1.19 bits per heavy atom. The van der Waals surface area contributed by atoms with Crippen LogP contribution in [0.5, 0.6) is 0 Å². The highest BCUT2D eigenvalue weighted by Crippen LogP contribution is 2.16. The van der Waals surface area contributed by atoms with Gasteiger partial charge < -0.3 is 33.5 Å². The van der Waals surface area contributed by atoms with Gasteiger partial charge in [-0.1, -0.05) is 6.08 Å². The van der Waals surface area contributed by atoms with Crippen LogP contribution in [0.3, 0.4) is 0 Å². The Labute approximate surface area is 127 Å². The summed E-state index contributed by atoms with van der Waals surface area (Å²) in [6, 6.07) is 0. The lowest BCUT2D eigenvalue weighted by Gasteiger charge is -2.28. The van der Waals surface area contributed by atoms with Gasteiger partial charge in [-0.3, -0.25) is 0 Å². The number of rotatable bonds is 12. The summed E-state index contributed by atoms with van der Waals surface area (Å²) in [5.41, 5.74) is 5.40. The van der Waals surface area contributed by atoms with Crippen LogP contribution in [0.15, 0.2) is 24.5 Å². The van der Waals surface area contributed by atoms with E-state index in [4.69, 9.17) is 28.2 Å². The minimum absolute atomic E-state index is 0.504. The van der Waals surface area contributed by atoms with Crippen LogP contribution in [-0.2, 0) is 22.4 Å². The third-order valence-corrected chi connectivity index (χ3v) is 4.86. The topological polar surface area (TPSA) is 84.2 Å². The quantitative estimate of drug-likeness (QED) is 0.400. The molecule has 0 aromatic carbocycles. The first kappa shape index (κ1) is 18.3. The Kier molecular flexibility index (Phi) is 9.51. The fraction of sp³-hybridized carbons (Fsp3) is 0.692.